The van der Waals surface area contributed by atoms with Crippen LogP contribution in [-0.4, -0.2) is 34.5 Å². The van der Waals surface area contributed by atoms with Crippen molar-refractivity contribution in [3.8, 4) is 0 Å². The fraction of sp³-hybridized carbons (Fsp3) is 0.500. The molecule has 0 aromatic heterocycles. The molecule has 108 valence electrons. The average molecular weight is 275 g/mol. The predicted molar refractivity (Wildman–Crippen MR) is 77.0 cm³/mol. The zero-order valence-electron chi connectivity index (χ0n) is 12.2. The van der Waals surface area contributed by atoms with Crippen LogP contribution in [0.4, 0.5) is 0 Å². The fourth-order valence-electron chi connectivity index (χ4n) is 2.93. The monoisotopic (exact) mass is 275 g/mol. The van der Waals surface area contributed by atoms with Gasteiger partial charge in [0.05, 0.1) is 5.56 Å². The molecule has 1 aromatic rings. The number of carboxylic acids is 1. The summed E-state index contributed by atoms with van der Waals surface area (Å²) in [7, 11) is 0. The molecule has 1 aromatic carbocycles. The summed E-state index contributed by atoms with van der Waals surface area (Å²) in [6, 6.07) is 5.09. The number of carbonyl (C=O) groups excluding carboxylic acids is 1. The summed E-state index contributed by atoms with van der Waals surface area (Å²) in [6.45, 7) is 6.82. The highest BCUT2D eigenvalue weighted by Crippen LogP contribution is 2.26. The van der Waals surface area contributed by atoms with Crippen LogP contribution in [0.1, 0.15) is 53.0 Å². The van der Waals surface area contributed by atoms with E-state index in [1.165, 1.54) is 6.07 Å². The Bertz CT molecular complexity index is 537. The highest BCUT2D eigenvalue weighted by atomic mass is 16.4. The molecule has 1 atom stereocenters. The first-order chi connectivity index (χ1) is 9.40. The van der Waals surface area contributed by atoms with Crippen molar-refractivity contribution in [2.75, 3.05) is 6.54 Å². The highest BCUT2D eigenvalue weighted by Gasteiger charge is 2.31. The van der Waals surface area contributed by atoms with E-state index in [9.17, 15) is 9.59 Å². The molecule has 1 amide bonds. The molecule has 0 spiro atoms. The van der Waals surface area contributed by atoms with Crippen molar-refractivity contribution in [1.82, 2.24) is 4.90 Å². The van der Waals surface area contributed by atoms with Crippen LogP contribution in [0.3, 0.4) is 0 Å². The van der Waals surface area contributed by atoms with E-state index < -0.39 is 5.97 Å². The SMILES string of the molecule is Cc1cc(C(=O)O)cc(C(=O)N2CCCC2C(C)C)c1. The third-order valence-corrected chi connectivity index (χ3v) is 3.90. The first kappa shape index (κ1) is 14.6. The zero-order chi connectivity index (χ0) is 14.9. The van der Waals surface area contributed by atoms with Gasteiger partial charge in [-0.25, -0.2) is 4.79 Å². The van der Waals surface area contributed by atoms with Gasteiger partial charge in [-0.05, 0) is 49.4 Å². The molecule has 1 aliphatic rings. The predicted octanol–water partition coefficient (Wildman–Crippen LogP) is 2.95. The van der Waals surface area contributed by atoms with E-state index in [0.717, 1.165) is 24.9 Å². The maximum absolute atomic E-state index is 12.6. The Kier molecular flexibility index (Phi) is 4.12. The van der Waals surface area contributed by atoms with E-state index >= 15 is 0 Å². The molecule has 4 nitrogen and oxygen atoms in total. The molecule has 0 saturated carbocycles. The van der Waals surface area contributed by atoms with Crippen molar-refractivity contribution in [2.45, 2.75) is 39.7 Å². The van der Waals surface area contributed by atoms with Gasteiger partial charge in [-0.3, -0.25) is 4.79 Å². The molecule has 0 radical (unpaired) electrons. The number of carboxylic acid groups (broad SMARTS) is 1. The Hall–Kier alpha value is -1.84. The normalized spacial score (nSPS) is 18.6. The van der Waals surface area contributed by atoms with E-state index in [-0.39, 0.29) is 17.5 Å². The molecule has 2 rings (SSSR count). The fourth-order valence-corrected chi connectivity index (χ4v) is 2.93. The number of hydrogen-bond acceptors (Lipinski definition) is 2. The number of aryl methyl sites for hydroxylation is 1. The summed E-state index contributed by atoms with van der Waals surface area (Å²) in [5, 5.41) is 9.10. The third-order valence-electron chi connectivity index (χ3n) is 3.90. The number of hydrogen-bond donors (Lipinski definition) is 1. The number of aromatic carboxylic acids is 1. The number of nitrogens with zero attached hydrogens (tertiary/aromatic N) is 1. The summed E-state index contributed by atoms with van der Waals surface area (Å²) in [6.07, 6.45) is 2.05. The quantitative estimate of drug-likeness (QED) is 0.922. The smallest absolute Gasteiger partial charge is 0.335 e. The minimum atomic E-state index is -0.996. The van der Waals surface area contributed by atoms with Crippen LogP contribution in [0, 0.1) is 12.8 Å². The van der Waals surface area contributed by atoms with Crippen molar-refractivity contribution in [1.29, 1.82) is 0 Å². The van der Waals surface area contributed by atoms with Crippen LogP contribution < -0.4 is 0 Å². The van der Waals surface area contributed by atoms with Gasteiger partial charge in [-0.15, -0.1) is 0 Å². The topological polar surface area (TPSA) is 57.6 Å². The molecule has 1 unspecified atom stereocenters. The maximum atomic E-state index is 12.6. The minimum Gasteiger partial charge on any atom is -0.478 e. The van der Waals surface area contributed by atoms with Gasteiger partial charge in [-0.2, -0.15) is 0 Å². The Morgan fingerprint density at radius 1 is 1.25 bits per heavy atom. The molecule has 4 heteroatoms. The Balaban J connectivity index is 2.31. The first-order valence-corrected chi connectivity index (χ1v) is 7.06. The second-order valence-corrected chi connectivity index (χ2v) is 5.85. The Labute approximate surface area is 119 Å². The number of amides is 1. The van der Waals surface area contributed by atoms with E-state index in [0.29, 0.717) is 11.5 Å². The van der Waals surface area contributed by atoms with E-state index in [4.69, 9.17) is 5.11 Å². The first-order valence-electron chi connectivity index (χ1n) is 7.06. The maximum Gasteiger partial charge on any atom is 0.335 e. The molecule has 1 heterocycles. The van der Waals surface area contributed by atoms with Crippen molar-refractivity contribution >= 4 is 11.9 Å². The van der Waals surface area contributed by atoms with Gasteiger partial charge in [0, 0.05) is 18.2 Å². The molecule has 1 fully saturated rings. The Morgan fingerprint density at radius 3 is 2.50 bits per heavy atom. The van der Waals surface area contributed by atoms with Crippen molar-refractivity contribution in [3.63, 3.8) is 0 Å². The molecule has 0 bridgehead atoms. The number of carbonyl (C=O) groups is 2. The van der Waals surface area contributed by atoms with Crippen LogP contribution in [0.25, 0.3) is 0 Å². The Morgan fingerprint density at radius 2 is 1.90 bits per heavy atom. The van der Waals surface area contributed by atoms with Gasteiger partial charge in [0.15, 0.2) is 0 Å². The minimum absolute atomic E-state index is 0.0487. The van der Waals surface area contributed by atoms with Gasteiger partial charge in [0.1, 0.15) is 0 Å². The summed E-state index contributed by atoms with van der Waals surface area (Å²) in [5.74, 6) is -0.623. The number of likely N-dealkylation sites (tertiary alicyclic amines) is 1. The zero-order valence-corrected chi connectivity index (χ0v) is 12.2. The lowest BCUT2D eigenvalue weighted by Crippen LogP contribution is -2.38. The molecular formula is C16H21NO3. The van der Waals surface area contributed by atoms with Crippen LogP contribution in [0.2, 0.25) is 0 Å². The van der Waals surface area contributed by atoms with Crippen LogP contribution in [0.15, 0.2) is 18.2 Å². The van der Waals surface area contributed by atoms with E-state index in [1.807, 2.05) is 11.8 Å². The third kappa shape index (κ3) is 2.84. The average Bonchev–Trinajstić information content (AvgIpc) is 2.86. The van der Waals surface area contributed by atoms with Crippen molar-refractivity contribution in [2.24, 2.45) is 5.92 Å². The van der Waals surface area contributed by atoms with E-state index in [1.54, 1.807) is 12.1 Å². The van der Waals surface area contributed by atoms with Crippen LogP contribution >= 0.6 is 0 Å². The van der Waals surface area contributed by atoms with Crippen molar-refractivity contribution < 1.29 is 14.7 Å². The van der Waals surface area contributed by atoms with Gasteiger partial charge >= 0.3 is 5.97 Å². The molecular weight excluding hydrogens is 254 g/mol. The molecule has 0 aliphatic carbocycles. The summed E-state index contributed by atoms with van der Waals surface area (Å²) in [5.41, 5.74) is 1.46. The second kappa shape index (κ2) is 5.65. The van der Waals surface area contributed by atoms with Gasteiger partial charge in [-0.1, -0.05) is 13.8 Å². The van der Waals surface area contributed by atoms with Crippen molar-refractivity contribution in [3.05, 3.63) is 34.9 Å². The largest absolute Gasteiger partial charge is 0.478 e. The summed E-state index contributed by atoms with van der Waals surface area (Å²) >= 11 is 0. The molecule has 1 saturated heterocycles. The van der Waals surface area contributed by atoms with Gasteiger partial charge in [0.25, 0.3) is 5.91 Å². The standard InChI is InChI=1S/C16H21NO3/c1-10(2)14-5-4-6-17(14)15(18)12-7-11(3)8-13(9-12)16(19)20/h7-10,14H,4-6H2,1-3H3,(H,19,20). The summed E-state index contributed by atoms with van der Waals surface area (Å²) < 4.78 is 0. The van der Waals surface area contributed by atoms with Crippen LogP contribution in [0.5, 0.6) is 0 Å². The van der Waals surface area contributed by atoms with Gasteiger partial charge < -0.3 is 10.0 Å². The molecule has 1 N–H and O–H groups in total. The highest BCUT2D eigenvalue weighted by molar-refractivity contribution is 5.98. The lowest BCUT2D eigenvalue weighted by Gasteiger charge is -2.28. The second-order valence-electron chi connectivity index (χ2n) is 5.85. The van der Waals surface area contributed by atoms with Crippen LogP contribution in [-0.2, 0) is 0 Å². The molecule has 1 aliphatic heterocycles. The number of rotatable bonds is 3. The molecule has 20 heavy (non-hydrogen) atoms. The lowest BCUT2D eigenvalue weighted by molar-refractivity contribution is 0.0696. The van der Waals surface area contributed by atoms with Gasteiger partial charge in [0.2, 0.25) is 0 Å². The van der Waals surface area contributed by atoms with E-state index in [2.05, 4.69) is 13.8 Å². The summed E-state index contributed by atoms with van der Waals surface area (Å²) in [4.78, 5) is 25.6. The number of benzene rings is 1. The lowest BCUT2D eigenvalue weighted by atomic mass is 10.0.